The Bertz CT molecular complexity index is 705. The first-order chi connectivity index (χ1) is 10.9. The fourth-order valence-corrected chi connectivity index (χ4v) is 2.59. The Hall–Kier alpha value is -2.11. The number of carbonyl (C=O) groups excluding carboxylic acids is 1. The Kier molecular flexibility index (Phi) is 4.24. The number of hydrogen-bond donors (Lipinski definition) is 0. The van der Waals surface area contributed by atoms with E-state index >= 15 is 0 Å². The molecule has 0 bridgehead atoms. The van der Waals surface area contributed by atoms with E-state index in [1.807, 2.05) is 12.1 Å². The Morgan fingerprint density at radius 1 is 1.22 bits per heavy atom. The van der Waals surface area contributed by atoms with E-state index in [0.717, 1.165) is 18.2 Å². The fraction of sp³-hybridized carbons (Fsp3) is 0.412. The van der Waals surface area contributed by atoms with E-state index in [4.69, 9.17) is 0 Å². The third-order valence-corrected chi connectivity index (χ3v) is 4.00. The molecule has 0 radical (unpaired) electrons. The van der Waals surface area contributed by atoms with Gasteiger partial charge in [0.15, 0.2) is 0 Å². The van der Waals surface area contributed by atoms with Crippen molar-refractivity contribution in [3.63, 3.8) is 0 Å². The highest BCUT2D eigenvalue weighted by Crippen LogP contribution is 2.31. The number of hydrogen-bond acceptors (Lipinski definition) is 2. The zero-order valence-corrected chi connectivity index (χ0v) is 12.5. The molecule has 1 amide bonds. The summed E-state index contributed by atoms with van der Waals surface area (Å²) in [5.74, 6) is -0.0971. The van der Waals surface area contributed by atoms with Crippen LogP contribution in [0.3, 0.4) is 0 Å². The van der Waals surface area contributed by atoms with E-state index in [-0.39, 0.29) is 12.2 Å². The number of fused-ring (bicyclic) bond motifs is 1. The molecule has 2 aromatic rings. The minimum absolute atomic E-state index is 0.228. The lowest BCUT2D eigenvalue weighted by Gasteiger charge is -2.23. The Balaban J connectivity index is 1.86. The van der Waals surface area contributed by atoms with Crippen LogP contribution in [0.15, 0.2) is 36.5 Å². The molecular formula is C17H17F3N2O. The van der Waals surface area contributed by atoms with Gasteiger partial charge in [0.05, 0.1) is 6.42 Å². The van der Waals surface area contributed by atoms with Gasteiger partial charge < -0.3 is 4.90 Å². The molecule has 122 valence electrons. The quantitative estimate of drug-likeness (QED) is 0.832. The van der Waals surface area contributed by atoms with Crippen LogP contribution in [-0.2, 0) is 0 Å². The first-order valence-electron chi connectivity index (χ1n) is 7.64. The second-order valence-corrected chi connectivity index (χ2v) is 5.94. The van der Waals surface area contributed by atoms with Gasteiger partial charge in [0.25, 0.3) is 5.91 Å². The average molecular weight is 322 g/mol. The van der Waals surface area contributed by atoms with Gasteiger partial charge in [-0.05, 0) is 30.2 Å². The van der Waals surface area contributed by atoms with E-state index in [1.165, 1.54) is 11.1 Å². The molecule has 0 aliphatic heterocycles. The van der Waals surface area contributed by atoms with Gasteiger partial charge in [-0.25, -0.2) is 0 Å². The second-order valence-electron chi connectivity index (χ2n) is 5.94. The molecule has 23 heavy (non-hydrogen) atoms. The smallest absolute Gasteiger partial charge is 0.337 e. The molecule has 1 fully saturated rings. The number of nitrogens with zero attached hydrogens (tertiary/aromatic N) is 2. The first kappa shape index (κ1) is 15.8. The van der Waals surface area contributed by atoms with Crippen molar-refractivity contribution in [1.29, 1.82) is 0 Å². The van der Waals surface area contributed by atoms with Crippen LogP contribution < -0.4 is 0 Å². The predicted molar refractivity (Wildman–Crippen MR) is 81.0 cm³/mol. The summed E-state index contributed by atoms with van der Waals surface area (Å²) in [6.07, 6.45) is -1.79. The molecule has 1 aromatic heterocycles. The number of rotatable bonds is 5. The number of alkyl halides is 3. The predicted octanol–water partition coefficient (Wildman–Crippen LogP) is 4.04. The van der Waals surface area contributed by atoms with Crippen molar-refractivity contribution in [3.05, 3.63) is 42.2 Å². The second kappa shape index (κ2) is 6.18. The van der Waals surface area contributed by atoms with E-state index < -0.39 is 18.5 Å². The maximum atomic E-state index is 12.7. The van der Waals surface area contributed by atoms with Crippen molar-refractivity contribution in [3.8, 4) is 0 Å². The van der Waals surface area contributed by atoms with Crippen LogP contribution in [0, 0.1) is 5.92 Å². The highest BCUT2D eigenvalue weighted by Gasteiger charge is 2.33. The molecule has 0 atom stereocenters. The van der Waals surface area contributed by atoms with E-state index in [1.54, 1.807) is 18.2 Å². The summed E-state index contributed by atoms with van der Waals surface area (Å²) in [4.78, 5) is 18.2. The van der Waals surface area contributed by atoms with Crippen LogP contribution in [0.4, 0.5) is 13.2 Å². The number of amides is 1. The highest BCUT2D eigenvalue weighted by molar-refractivity contribution is 6.05. The van der Waals surface area contributed by atoms with Gasteiger partial charge in [0, 0.05) is 24.7 Å². The van der Waals surface area contributed by atoms with Crippen molar-refractivity contribution >= 4 is 16.7 Å². The maximum absolute atomic E-state index is 12.7. The molecule has 3 rings (SSSR count). The normalized spacial score (nSPS) is 14.9. The lowest BCUT2D eigenvalue weighted by molar-refractivity contribution is -0.136. The van der Waals surface area contributed by atoms with Crippen LogP contribution in [0.25, 0.3) is 10.8 Å². The molecule has 1 aromatic carbocycles. The Morgan fingerprint density at radius 3 is 2.65 bits per heavy atom. The number of carbonyl (C=O) groups is 1. The monoisotopic (exact) mass is 322 g/mol. The molecule has 0 saturated heterocycles. The van der Waals surface area contributed by atoms with Gasteiger partial charge >= 0.3 is 6.18 Å². The fourth-order valence-electron chi connectivity index (χ4n) is 2.59. The zero-order chi connectivity index (χ0) is 16.4. The minimum Gasteiger partial charge on any atom is -0.337 e. The molecule has 0 spiro atoms. The van der Waals surface area contributed by atoms with Crippen molar-refractivity contribution in [2.24, 2.45) is 5.92 Å². The van der Waals surface area contributed by atoms with Crippen molar-refractivity contribution in [1.82, 2.24) is 9.88 Å². The summed E-state index contributed by atoms with van der Waals surface area (Å²) in [7, 11) is 0. The molecule has 0 N–H and O–H groups in total. The average Bonchev–Trinajstić information content (AvgIpc) is 3.33. The Labute approximate surface area is 132 Å². The number of pyridine rings is 1. The van der Waals surface area contributed by atoms with Crippen LogP contribution in [0.1, 0.15) is 29.8 Å². The summed E-state index contributed by atoms with van der Waals surface area (Å²) in [6, 6.07) is 9.06. The first-order valence-corrected chi connectivity index (χ1v) is 7.64. The standard InChI is InChI=1S/C17H17F3N2O/c18-17(19,20)8-10-22(11-12-5-6-12)16(23)15-14-4-2-1-3-13(14)7-9-21-15/h1-4,7,9,12H,5-6,8,10-11H2. The third kappa shape index (κ3) is 4.00. The largest absolute Gasteiger partial charge is 0.390 e. The lowest BCUT2D eigenvalue weighted by atomic mass is 10.1. The minimum atomic E-state index is -4.27. The Morgan fingerprint density at radius 2 is 1.96 bits per heavy atom. The van der Waals surface area contributed by atoms with Gasteiger partial charge in [-0.1, -0.05) is 24.3 Å². The number of benzene rings is 1. The summed E-state index contributed by atoms with van der Waals surface area (Å²) in [5.41, 5.74) is 0.228. The van der Waals surface area contributed by atoms with E-state index in [0.29, 0.717) is 17.8 Å². The summed E-state index contributed by atoms with van der Waals surface area (Å²) >= 11 is 0. The van der Waals surface area contributed by atoms with Gasteiger partial charge in [-0.3, -0.25) is 9.78 Å². The summed E-state index contributed by atoms with van der Waals surface area (Å²) in [6.45, 7) is 0.0591. The van der Waals surface area contributed by atoms with E-state index in [9.17, 15) is 18.0 Å². The SMILES string of the molecule is O=C(c1nccc2ccccc12)N(CCC(F)(F)F)CC1CC1. The van der Waals surface area contributed by atoms with Gasteiger partial charge in [0.1, 0.15) is 5.69 Å². The third-order valence-electron chi connectivity index (χ3n) is 4.00. The molecule has 0 unspecified atom stereocenters. The molecule has 3 nitrogen and oxygen atoms in total. The molecule has 1 aliphatic rings. The van der Waals surface area contributed by atoms with Crippen LogP contribution in [0.5, 0.6) is 0 Å². The summed E-state index contributed by atoms with van der Waals surface area (Å²) < 4.78 is 37.6. The van der Waals surface area contributed by atoms with Gasteiger partial charge in [0.2, 0.25) is 0 Å². The van der Waals surface area contributed by atoms with Crippen LogP contribution in [0.2, 0.25) is 0 Å². The van der Waals surface area contributed by atoms with Crippen LogP contribution >= 0.6 is 0 Å². The van der Waals surface area contributed by atoms with Gasteiger partial charge in [-0.2, -0.15) is 13.2 Å². The molecule has 1 saturated carbocycles. The van der Waals surface area contributed by atoms with Crippen molar-refractivity contribution in [2.45, 2.75) is 25.4 Å². The highest BCUT2D eigenvalue weighted by atomic mass is 19.4. The zero-order valence-electron chi connectivity index (χ0n) is 12.5. The molecule has 1 aliphatic carbocycles. The maximum Gasteiger partial charge on any atom is 0.390 e. The number of aromatic nitrogens is 1. The molecular weight excluding hydrogens is 305 g/mol. The lowest BCUT2D eigenvalue weighted by Crippen LogP contribution is -2.36. The van der Waals surface area contributed by atoms with Gasteiger partial charge in [-0.15, -0.1) is 0 Å². The van der Waals surface area contributed by atoms with Crippen LogP contribution in [-0.4, -0.2) is 35.1 Å². The summed E-state index contributed by atoms with van der Waals surface area (Å²) in [5, 5.41) is 1.53. The molecule has 1 heterocycles. The number of halogens is 3. The van der Waals surface area contributed by atoms with E-state index in [2.05, 4.69) is 4.98 Å². The van der Waals surface area contributed by atoms with Crippen molar-refractivity contribution in [2.75, 3.05) is 13.1 Å². The topological polar surface area (TPSA) is 33.2 Å². The molecule has 6 heteroatoms. The van der Waals surface area contributed by atoms with Crippen molar-refractivity contribution < 1.29 is 18.0 Å².